The van der Waals surface area contributed by atoms with E-state index in [1.807, 2.05) is 0 Å². The van der Waals surface area contributed by atoms with Gasteiger partial charge in [-0.05, 0) is 81.3 Å². The first kappa shape index (κ1) is 27.6. The molecule has 4 rings (SSSR count). The highest BCUT2D eigenvalue weighted by Gasteiger charge is 2.35. The number of nitrogens with zero attached hydrogens (tertiary/aromatic N) is 2. The number of ether oxygens (including phenoxy) is 1. The summed E-state index contributed by atoms with van der Waals surface area (Å²) in [6.07, 6.45) is 1.48. The normalized spacial score (nSPS) is 14.7. The molecule has 0 N–H and O–H groups in total. The van der Waals surface area contributed by atoms with E-state index in [0.717, 1.165) is 46.5 Å². The average molecular weight is 640 g/mol. The Kier molecular flexibility index (Phi) is 8.11. The van der Waals surface area contributed by atoms with E-state index < -0.39 is 26.2 Å². The molecule has 0 aliphatic carbocycles. The lowest BCUT2D eigenvalue weighted by molar-refractivity contribution is -0.384. The number of halogens is 2. The molecule has 0 radical (unpaired) electrons. The van der Waals surface area contributed by atoms with Gasteiger partial charge < -0.3 is 8.92 Å². The molecular weight excluding hydrogens is 624 g/mol. The topological polar surface area (TPSA) is 133 Å². The van der Waals surface area contributed by atoms with E-state index in [2.05, 4.69) is 15.9 Å². The Morgan fingerprint density at radius 1 is 1.11 bits per heavy atom. The van der Waals surface area contributed by atoms with E-state index in [1.165, 1.54) is 25.3 Å². The van der Waals surface area contributed by atoms with Gasteiger partial charge >= 0.3 is 10.1 Å². The van der Waals surface area contributed by atoms with Crippen molar-refractivity contribution in [3.05, 3.63) is 96.3 Å². The number of hydrogen-bond donors (Lipinski definition) is 0. The Morgan fingerprint density at radius 3 is 2.37 bits per heavy atom. The number of imide groups is 1. The Labute approximate surface area is 234 Å². The first-order chi connectivity index (χ1) is 18.0. The standard InChI is InChI=1S/C24H16BrClN2O8S2/c1-35-20-11-15(12-21-23(29)27(24(30)37-21)13-14-2-4-16(26)5-3-14)10-19(25)22(20)36-38(33,34)18-8-6-17(7-9-18)28(31)32/h2-12H,13H2,1H3/b21-12-. The van der Waals surface area contributed by atoms with Crippen molar-refractivity contribution in [2.75, 3.05) is 7.11 Å². The van der Waals surface area contributed by atoms with Gasteiger partial charge in [-0.15, -0.1) is 0 Å². The third kappa shape index (κ3) is 6.01. The van der Waals surface area contributed by atoms with Gasteiger partial charge in [-0.1, -0.05) is 23.7 Å². The summed E-state index contributed by atoms with van der Waals surface area (Å²) in [4.78, 5) is 36.6. The Hall–Kier alpha value is -3.39. The van der Waals surface area contributed by atoms with Crippen molar-refractivity contribution in [2.24, 2.45) is 0 Å². The fourth-order valence-corrected chi connectivity index (χ4v) is 5.93. The third-order valence-electron chi connectivity index (χ3n) is 5.21. The van der Waals surface area contributed by atoms with E-state index in [0.29, 0.717) is 10.6 Å². The van der Waals surface area contributed by atoms with Gasteiger partial charge in [0.15, 0.2) is 11.5 Å². The second-order valence-corrected chi connectivity index (χ2v) is 11.5. The fraction of sp³-hybridized carbons (Fsp3) is 0.0833. The zero-order chi connectivity index (χ0) is 27.6. The maximum absolute atomic E-state index is 12.9. The van der Waals surface area contributed by atoms with Crippen molar-refractivity contribution < 1.29 is 31.9 Å². The molecule has 0 bridgehead atoms. The number of carbonyl (C=O) groups excluding carboxylic acids is 2. The summed E-state index contributed by atoms with van der Waals surface area (Å²) < 4.78 is 36.3. The number of benzene rings is 3. The van der Waals surface area contributed by atoms with Gasteiger partial charge in [-0.25, -0.2) is 0 Å². The number of rotatable bonds is 8. The van der Waals surface area contributed by atoms with Crippen LogP contribution in [0.2, 0.25) is 5.02 Å². The maximum Gasteiger partial charge on any atom is 0.339 e. The van der Waals surface area contributed by atoms with Gasteiger partial charge in [-0.3, -0.25) is 24.6 Å². The quantitative estimate of drug-likeness (QED) is 0.125. The molecule has 1 fully saturated rings. The van der Waals surface area contributed by atoms with Gasteiger partial charge in [0.1, 0.15) is 4.90 Å². The van der Waals surface area contributed by atoms with Crippen LogP contribution in [0.4, 0.5) is 10.5 Å². The van der Waals surface area contributed by atoms with Crippen LogP contribution in [-0.4, -0.2) is 36.5 Å². The molecule has 0 spiro atoms. The van der Waals surface area contributed by atoms with Gasteiger partial charge in [0, 0.05) is 17.2 Å². The van der Waals surface area contributed by atoms with E-state index in [4.69, 9.17) is 20.5 Å². The summed E-state index contributed by atoms with van der Waals surface area (Å²) in [5.74, 6) is -0.624. The molecule has 2 amide bonds. The van der Waals surface area contributed by atoms with Crippen LogP contribution < -0.4 is 8.92 Å². The van der Waals surface area contributed by atoms with Gasteiger partial charge in [0.25, 0.3) is 16.8 Å². The van der Waals surface area contributed by atoms with Crippen molar-refractivity contribution >= 4 is 72.3 Å². The largest absolute Gasteiger partial charge is 0.493 e. The number of methoxy groups -OCH3 is 1. The first-order valence-corrected chi connectivity index (χ1v) is 13.9. The number of thioether (sulfide) groups is 1. The molecule has 3 aromatic rings. The molecule has 3 aromatic carbocycles. The highest BCUT2D eigenvalue weighted by Crippen LogP contribution is 2.40. The third-order valence-corrected chi connectivity index (χ3v) is 8.19. The zero-order valence-electron chi connectivity index (χ0n) is 19.3. The first-order valence-electron chi connectivity index (χ1n) is 10.5. The van der Waals surface area contributed by atoms with Crippen molar-refractivity contribution in [3.8, 4) is 11.5 Å². The molecule has 10 nitrogen and oxygen atoms in total. The minimum absolute atomic E-state index is 0.0245. The monoisotopic (exact) mass is 638 g/mol. The smallest absolute Gasteiger partial charge is 0.339 e. The number of nitro benzene ring substituents is 1. The number of nitro groups is 1. The Bertz CT molecular complexity index is 1580. The number of carbonyl (C=O) groups is 2. The molecule has 1 heterocycles. The molecular formula is C24H16BrClN2O8S2. The van der Waals surface area contributed by atoms with Crippen LogP contribution in [0, 0.1) is 10.1 Å². The molecule has 1 aliphatic rings. The summed E-state index contributed by atoms with van der Waals surface area (Å²) in [5, 5.41) is 10.9. The van der Waals surface area contributed by atoms with Crippen LogP contribution in [0.25, 0.3) is 6.08 Å². The minimum atomic E-state index is -4.37. The van der Waals surface area contributed by atoms with Crippen molar-refractivity contribution in [2.45, 2.75) is 11.4 Å². The SMILES string of the molecule is COc1cc(/C=C2\SC(=O)N(Cc3ccc(Cl)cc3)C2=O)cc(Br)c1OS(=O)(=O)c1ccc([N+](=O)[O-])cc1. The molecule has 196 valence electrons. The van der Waals surface area contributed by atoms with Gasteiger partial charge in [-0.2, -0.15) is 8.42 Å². The van der Waals surface area contributed by atoms with Crippen molar-refractivity contribution in [1.29, 1.82) is 0 Å². The molecule has 0 unspecified atom stereocenters. The van der Waals surface area contributed by atoms with Crippen molar-refractivity contribution in [1.82, 2.24) is 4.90 Å². The second kappa shape index (κ2) is 11.2. The number of non-ortho nitro benzene ring substituents is 1. The predicted octanol–water partition coefficient (Wildman–Crippen LogP) is 6.02. The maximum atomic E-state index is 12.9. The van der Waals surface area contributed by atoms with E-state index in [1.54, 1.807) is 24.3 Å². The van der Waals surface area contributed by atoms with Crippen LogP contribution in [0.15, 0.2) is 74.9 Å². The van der Waals surface area contributed by atoms with Gasteiger partial charge in [0.2, 0.25) is 0 Å². The van der Waals surface area contributed by atoms with E-state index in [9.17, 15) is 28.1 Å². The predicted molar refractivity (Wildman–Crippen MR) is 145 cm³/mol. The zero-order valence-corrected chi connectivity index (χ0v) is 23.3. The Balaban J connectivity index is 1.58. The van der Waals surface area contributed by atoms with Crippen LogP contribution in [-0.2, 0) is 21.5 Å². The number of hydrogen-bond acceptors (Lipinski definition) is 9. The van der Waals surface area contributed by atoms with E-state index >= 15 is 0 Å². The van der Waals surface area contributed by atoms with Gasteiger partial charge in [0.05, 0.1) is 28.0 Å². The minimum Gasteiger partial charge on any atom is -0.493 e. The fourth-order valence-electron chi connectivity index (χ4n) is 3.36. The average Bonchev–Trinajstić information content (AvgIpc) is 3.13. The highest BCUT2D eigenvalue weighted by molar-refractivity contribution is 9.10. The summed E-state index contributed by atoms with van der Waals surface area (Å²) in [6.45, 7) is 0.0828. The molecule has 1 aliphatic heterocycles. The Morgan fingerprint density at radius 2 is 1.76 bits per heavy atom. The highest BCUT2D eigenvalue weighted by atomic mass is 79.9. The summed E-state index contributed by atoms with van der Waals surface area (Å²) in [7, 11) is -3.07. The van der Waals surface area contributed by atoms with Crippen LogP contribution in [0.1, 0.15) is 11.1 Å². The van der Waals surface area contributed by atoms with Crippen molar-refractivity contribution in [3.63, 3.8) is 0 Å². The van der Waals surface area contributed by atoms with E-state index in [-0.39, 0.29) is 38.0 Å². The van der Waals surface area contributed by atoms with Crippen LogP contribution >= 0.6 is 39.3 Å². The number of amides is 2. The molecule has 0 atom stereocenters. The molecule has 1 saturated heterocycles. The van der Waals surface area contributed by atoms with Crippen LogP contribution in [0.5, 0.6) is 11.5 Å². The summed E-state index contributed by atoms with van der Waals surface area (Å²) in [6, 6.07) is 13.9. The summed E-state index contributed by atoms with van der Waals surface area (Å²) in [5.41, 5.74) is 0.897. The molecule has 0 aromatic heterocycles. The molecule has 0 saturated carbocycles. The lowest BCUT2D eigenvalue weighted by atomic mass is 10.1. The molecule has 38 heavy (non-hydrogen) atoms. The molecule has 14 heteroatoms. The lowest BCUT2D eigenvalue weighted by Gasteiger charge is -2.14. The lowest BCUT2D eigenvalue weighted by Crippen LogP contribution is -2.27. The second-order valence-electron chi connectivity index (χ2n) is 7.72. The summed E-state index contributed by atoms with van der Waals surface area (Å²) >= 11 is 9.93. The van der Waals surface area contributed by atoms with Crippen LogP contribution in [0.3, 0.4) is 0 Å².